The standard InChI is InChI=1S/C15H20BNO2/c1-14(2)15(3,4)19-16(18-14)13-8-6-7-12(11-13)9-10-17-5/h6-8,11H,9-10H2,1-4H3. The summed E-state index contributed by atoms with van der Waals surface area (Å²) in [7, 11) is -0.321. The zero-order chi connectivity index (χ0) is 14.1. The number of hydrogen-bond acceptors (Lipinski definition) is 2. The van der Waals surface area contributed by atoms with Gasteiger partial charge in [-0.2, -0.15) is 0 Å². The third-order valence-electron chi connectivity index (χ3n) is 3.99. The van der Waals surface area contributed by atoms with Gasteiger partial charge in [0.25, 0.3) is 0 Å². The highest BCUT2D eigenvalue weighted by atomic mass is 16.7. The molecule has 2 rings (SSSR count). The first kappa shape index (κ1) is 14.1. The summed E-state index contributed by atoms with van der Waals surface area (Å²) in [5.74, 6) is 0. The molecule has 1 fully saturated rings. The lowest BCUT2D eigenvalue weighted by Crippen LogP contribution is -2.41. The quantitative estimate of drug-likeness (QED) is 0.613. The van der Waals surface area contributed by atoms with Gasteiger partial charge in [-0.3, -0.25) is 0 Å². The summed E-state index contributed by atoms with van der Waals surface area (Å²) >= 11 is 0. The van der Waals surface area contributed by atoms with E-state index < -0.39 is 0 Å². The predicted octanol–water partition coefficient (Wildman–Crippen LogP) is 2.45. The van der Waals surface area contributed by atoms with E-state index in [0.29, 0.717) is 6.54 Å². The highest BCUT2D eigenvalue weighted by Gasteiger charge is 2.51. The van der Waals surface area contributed by atoms with Crippen molar-refractivity contribution >= 4 is 12.6 Å². The highest BCUT2D eigenvalue weighted by Crippen LogP contribution is 2.36. The Labute approximate surface area is 115 Å². The first-order chi connectivity index (χ1) is 8.86. The molecular weight excluding hydrogens is 237 g/mol. The van der Waals surface area contributed by atoms with E-state index >= 15 is 0 Å². The predicted molar refractivity (Wildman–Crippen MR) is 77.3 cm³/mol. The summed E-state index contributed by atoms with van der Waals surface area (Å²) in [6, 6.07) is 8.14. The molecule has 0 atom stereocenters. The molecular formula is C15H20BNO2. The van der Waals surface area contributed by atoms with Crippen LogP contribution in [0.4, 0.5) is 0 Å². The van der Waals surface area contributed by atoms with Crippen LogP contribution in [0.5, 0.6) is 0 Å². The third-order valence-corrected chi connectivity index (χ3v) is 3.99. The molecule has 1 heterocycles. The van der Waals surface area contributed by atoms with Crippen molar-refractivity contribution in [2.75, 3.05) is 6.54 Å². The molecule has 1 aliphatic rings. The molecule has 100 valence electrons. The second-order valence-corrected chi connectivity index (χ2v) is 5.97. The summed E-state index contributed by atoms with van der Waals surface area (Å²) in [6.45, 7) is 15.6. The largest absolute Gasteiger partial charge is 0.494 e. The molecule has 0 bridgehead atoms. The minimum absolute atomic E-state index is 0.315. The van der Waals surface area contributed by atoms with Crippen molar-refractivity contribution in [2.45, 2.75) is 45.3 Å². The van der Waals surface area contributed by atoms with Gasteiger partial charge in [0.05, 0.1) is 11.2 Å². The van der Waals surface area contributed by atoms with Crippen LogP contribution < -0.4 is 5.46 Å². The number of benzene rings is 1. The van der Waals surface area contributed by atoms with E-state index in [1.54, 1.807) is 0 Å². The average molecular weight is 257 g/mol. The molecule has 1 aliphatic heterocycles. The van der Waals surface area contributed by atoms with Gasteiger partial charge in [0.15, 0.2) is 0 Å². The Kier molecular flexibility index (Phi) is 3.71. The number of nitrogens with zero attached hydrogens (tertiary/aromatic N) is 1. The van der Waals surface area contributed by atoms with E-state index in [2.05, 4.69) is 38.6 Å². The second-order valence-electron chi connectivity index (χ2n) is 5.97. The fourth-order valence-corrected chi connectivity index (χ4v) is 2.06. The van der Waals surface area contributed by atoms with Crippen molar-refractivity contribution in [1.82, 2.24) is 0 Å². The summed E-state index contributed by atoms with van der Waals surface area (Å²) in [5.41, 5.74) is 1.55. The van der Waals surface area contributed by atoms with E-state index in [1.807, 2.05) is 18.2 Å². The number of rotatable bonds is 3. The van der Waals surface area contributed by atoms with E-state index in [-0.39, 0.29) is 18.3 Å². The van der Waals surface area contributed by atoms with Crippen LogP contribution in [0.3, 0.4) is 0 Å². The molecule has 19 heavy (non-hydrogen) atoms. The van der Waals surface area contributed by atoms with Gasteiger partial charge in [-0.15, -0.1) is 0 Å². The maximum Gasteiger partial charge on any atom is 0.494 e. The zero-order valence-corrected chi connectivity index (χ0v) is 12.1. The van der Waals surface area contributed by atoms with Crippen LogP contribution in [0.2, 0.25) is 0 Å². The van der Waals surface area contributed by atoms with E-state index in [4.69, 9.17) is 15.9 Å². The smallest absolute Gasteiger partial charge is 0.399 e. The Morgan fingerprint density at radius 2 is 1.79 bits per heavy atom. The molecule has 0 unspecified atom stereocenters. The number of hydrogen-bond donors (Lipinski definition) is 0. The Morgan fingerprint density at radius 1 is 1.16 bits per heavy atom. The minimum atomic E-state index is -0.321. The molecule has 1 aromatic rings. The van der Waals surface area contributed by atoms with Crippen LogP contribution in [-0.4, -0.2) is 24.9 Å². The molecule has 0 spiro atoms. The summed E-state index contributed by atoms with van der Waals surface area (Å²) in [4.78, 5) is 3.39. The maximum atomic E-state index is 6.85. The molecule has 0 aliphatic carbocycles. The van der Waals surface area contributed by atoms with Crippen LogP contribution in [0.25, 0.3) is 4.85 Å². The fourth-order valence-electron chi connectivity index (χ4n) is 2.06. The average Bonchev–Trinajstić information content (AvgIpc) is 2.56. The van der Waals surface area contributed by atoms with Crippen LogP contribution >= 0.6 is 0 Å². The SMILES string of the molecule is [C-]#[N+]CCc1cccc(B2OC(C)(C)C(C)(C)O2)c1. The van der Waals surface area contributed by atoms with Crippen molar-refractivity contribution in [3.05, 3.63) is 41.2 Å². The Bertz CT molecular complexity index is 489. The summed E-state index contributed by atoms with van der Waals surface area (Å²) in [6.07, 6.45) is 0.775. The Morgan fingerprint density at radius 3 is 2.37 bits per heavy atom. The van der Waals surface area contributed by atoms with Crippen LogP contribution in [0.15, 0.2) is 24.3 Å². The molecule has 0 radical (unpaired) electrons. The first-order valence-corrected chi connectivity index (χ1v) is 6.63. The fraction of sp³-hybridized carbons (Fsp3) is 0.533. The lowest BCUT2D eigenvalue weighted by atomic mass is 9.78. The third kappa shape index (κ3) is 2.83. The van der Waals surface area contributed by atoms with Gasteiger partial charge < -0.3 is 14.2 Å². The molecule has 1 saturated heterocycles. The van der Waals surface area contributed by atoms with E-state index in [9.17, 15) is 0 Å². The molecule has 0 saturated carbocycles. The monoisotopic (exact) mass is 257 g/mol. The van der Waals surface area contributed by atoms with Crippen molar-refractivity contribution in [3.63, 3.8) is 0 Å². The molecule has 1 aromatic carbocycles. The van der Waals surface area contributed by atoms with Gasteiger partial charge in [-0.25, -0.2) is 6.57 Å². The molecule has 3 nitrogen and oxygen atoms in total. The molecule has 0 aromatic heterocycles. The Balaban J connectivity index is 2.18. The van der Waals surface area contributed by atoms with Crippen molar-refractivity contribution in [1.29, 1.82) is 0 Å². The van der Waals surface area contributed by atoms with Crippen LogP contribution in [0.1, 0.15) is 33.3 Å². The molecule has 4 heteroatoms. The van der Waals surface area contributed by atoms with Gasteiger partial charge in [0.1, 0.15) is 0 Å². The highest BCUT2D eigenvalue weighted by molar-refractivity contribution is 6.62. The summed E-state index contributed by atoms with van der Waals surface area (Å²) < 4.78 is 12.1. The normalized spacial score (nSPS) is 20.3. The van der Waals surface area contributed by atoms with Gasteiger partial charge in [-0.05, 0) is 38.7 Å². The van der Waals surface area contributed by atoms with Crippen molar-refractivity contribution in [2.24, 2.45) is 0 Å². The van der Waals surface area contributed by atoms with Crippen LogP contribution in [-0.2, 0) is 15.7 Å². The van der Waals surface area contributed by atoms with Gasteiger partial charge >= 0.3 is 7.12 Å². The lowest BCUT2D eigenvalue weighted by Gasteiger charge is -2.32. The van der Waals surface area contributed by atoms with Crippen molar-refractivity contribution < 1.29 is 9.31 Å². The van der Waals surface area contributed by atoms with Crippen LogP contribution in [0, 0.1) is 6.57 Å². The zero-order valence-electron chi connectivity index (χ0n) is 12.1. The molecule has 0 amide bonds. The second kappa shape index (κ2) is 4.99. The first-order valence-electron chi connectivity index (χ1n) is 6.63. The summed E-state index contributed by atoms with van der Waals surface area (Å²) in [5, 5.41) is 0. The lowest BCUT2D eigenvalue weighted by molar-refractivity contribution is 0.00578. The van der Waals surface area contributed by atoms with Gasteiger partial charge in [-0.1, -0.05) is 24.3 Å². The van der Waals surface area contributed by atoms with Gasteiger partial charge in [0.2, 0.25) is 6.54 Å². The maximum absolute atomic E-state index is 6.85. The Hall–Kier alpha value is -1.31. The van der Waals surface area contributed by atoms with E-state index in [1.165, 1.54) is 0 Å². The molecule has 0 N–H and O–H groups in total. The van der Waals surface area contributed by atoms with Crippen molar-refractivity contribution in [3.8, 4) is 0 Å². The van der Waals surface area contributed by atoms with E-state index in [0.717, 1.165) is 17.4 Å². The topological polar surface area (TPSA) is 22.8 Å². The minimum Gasteiger partial charge on any atom is -0.399 e. The van der Waals surface area contributed by atoms with Gasteiger partial charge in [0, 0.05) is 6.42 Å².